The van der Waals surface area contributed by atoms with Gasteiger partial charge in [-0.15, -0.1) is 17.4 Å². The van der Waals surface area contributed by atoms with E-state index in [0.29, 0.717) is 6.42 Å². The van der Waals surface area contributed by atoms with Crippen LogP contribution in [0.2, 0.25) is 0 Å². The summed E-state index contributed by atoms with van der Waals surface area (Å²) in [6.07, 6.45) is 2.75. The topological polar surface area (TPSA) is 75.2 Å². The third kappa shape index (κ3) is 3.51. The molecule has 2 aromatic rings. The predicted molar refractivity (Wildman–Crippen MR) is 89.7 cm³/mol. The van der Waals surface area contributed by atoms with Crippen LogP contribution >= 0.6 is 11.3 Å². The lowest BCUT2D eigenvalue weighted by molar-refractivity contribution is -0.126. The lowest BCUT2D eigenvalue weighted by Gasteiger charge is -2.04. The Bertz CT molecular complexity index is 847. The Hall–Kier alpha value is -2.14. The number of unbranched alkanes of at least 4 members (excludes halogenated alkanes) is 2. The number of ether oxygens (including phenoxy) is 2. The van der Waals surface area contributed by atoms with E-state index in [9.17, 15) is 4.79 Å². The minimum absolute atomic E-state index is 0.127. The fourth-order valence-corrected chi connectivity index (χ4v) is 3.59. The molecule has 0 aliphatic carbocycles. The number of rotatable bonds is 6. The number of carbonyl (C=O) groups excluding carboxylic acids is 1. The molecule has 1 aromatic heterocycles. The van der Waals surface area contributed by atoms with E-state index in [1.807, 2.05) is 18.2 Å². The van der Waals surface area contributed by atoms with Gasteiger partial charge in [0, 0.05) is 18.9 Å². The standard InChI is InChI=1S/C17H18N3O3S/c1-22-10-14-17(21)20(11-23-14)12-6-7-13-15(9-12)24-16(19-13)5-3-2-4-8-18/h6-7,9,11,14H,2-5,10H2,1H3/q-1/t14-/m1/s1. The highest BCUT2D eigenvalue weighted by Crippen LogP contribution is 2.22. The maximum Gasteiger partial charge on any atom is 0.313 e. The summed E-state index contributed by atoms with van der Waals surface area (Å²) >= 11 is 1.63. The van der Waals surface area contributed by atoms with Crippen molar-refractivity contribution in [2.75, 3.05) is 13.7 Å². The minimum atomic E-state index is -0.581. The van der Waals surface area contributed by atoms with Crippen LogP contribution in [0.5, 0.6) is 0 Å². The van der Waals surface area contributed by atoms with Gasteiger partial charge in [0.2, 0.25) is 0 Å². The van der Waals surface area contributed by atoms with Gasteiger partial charge in [-0.1, -0.05) is 4.70 Å². The molecule has 1 saturated heterocycles. The van der Waals surface area contributed by atoms with Crippen LogP contribution in [0.3, 0.4) is 0 Å². The quantitative estimate of drug-likeness (QED) is 0.453. The Balaban J connectivity index is 1.83. The van der Waals surface area contributed by atoms with Crippen molar-refractivity contribution >= 4 is 27.5 Å². The van der Waals surface area contributed by atoms with Gasteiger partial charge in [0.05, 0.1) is 17.7 Å². The largest absolute Gasteiger partial charge is 0.382 e. The second-order valence-corrected chi connectivity index (χ2v) is 6.63. The number of carbonyl (C=O) groups is 1. The van der Waals surface area contributed by atoms with Crippen molar-refractivity contribution in [3.63, 3.8) is 0 Å². The van der Waals surface area contributed by atoms with Crippen molar-refractivity contribution in [3.05, 3.63) is 35.3 Å². The molecule has 0 radical (unpaired) electrons. The van der Waals surface area contributed by atoms with Crippen molar-refractivity contribution in [2.24, 2.45) is 0 Å². The average Bonchev–Trinajstić information content (AvgIpc) is 3.15. The van der Waals surface area contributed by atoms with Gasteiger partial charge in [-0.2, -0.15) is 17.4 Å². The number of benzene rings is 1. The first-order valence-electron chi connectivity index (χ1n) is 7.80. The predicted octanol–water partition coefficient (Wildman–Crippen LogP) is 1.71. The number of fused-ring (bicyclic) bond motifs is 1. The maximum absolute atomic E-state index is 12.3. The van der Waals surface area contributed by atoms with Crippen LogP contribution < -0.4 is 9.93 Å². The van der Waals surface area contributed by atoms with Gasteiger partial charge in [-0.25, -0.2) is 0 Å². The Morgan fingerprint density at radius 1 is 1.54 bits per heavy atom. The second kappa shape index (κ2) is 7.62. The highest BCUT2D eigenvalue weighted by molar-refractivity contribution is 7.18. The number of nitrogens with zero attached hydrogens (tertiary/aromatic N) is 3. The molecule has 0 saturated carbocycles. The molecule has 24 heavy (non-hydrogen) atoms. The van der Waals surface area contributed by atoms with E-state index in [4.69, 9.17) is 14.7 Å². The van der Waals surface area contributed by atoms with Crippen molar-refractivity contribution in [1.29, 1.82) is 5.26 Å². The van der Waals surface area contributed by atoms with Gasteiger partial charge >= 0.3 is 5.91 Å². The molecule has 1 aliphatic heterocycles. The van der Waals surface area contributed by atoms with Crippen molar-refractivity contribution in [1.82, 2.24) is 9.56 Å². The summed E-state index contributed by atoms with van der Waals surface area (Å²) in [6.45, 7) is 1.68. The number of hydrogen-bond acceptors (Lipinski definition) is 6. The molecule has 7 heteroatoms. The first-order valence-corrected chi connectivity index (χ1v) is 8.62. The molecule has 0 unspecified atom stereocenters. The van der Waals surface area contributed by atoms with E-state index in [2.05, 4.69) is 11.1 Å². The smallest absolute Gasteiger partial charge is 0.313 e. The van der Waals surface area contributed by atoms with Crippen LogP contribution in [0.4, 0.5) is 0 Å². The molecule has 1 aliphatic rings. The molecular formula is C17H18N3O3S-. The van der Waals surface area contributed by atoms with Gasteiger partial charge in [0.15, 0.2) is 12.8 Å². The van der Waals surface area contributed by atoms with Crippen molar-refractivity contribution < 1.29 is 14.3 Å². The molecule has 1 aromatic carbocycles. The third-order valence-electron chi connectivity index (χ3n) is 3.79. The molecular weight excluding hydrogens is 326 g/mol. The molecule has 1 atom stereocenters. The maximum atomic E-state index is 12.3. The van der Waals surface area contributed by atoms with E-state index in [1.54, 1.807) is 18.4 Å². The minimum Gasteiger partial charge on any atom is -0.382 e. The molecule has 6 nitrogen and oxygen atoms in total. The summed E-state index contributed by atoms with van der Waals surface area (Å²) in [5, 5.41) is 10.4. The molecule has 126 valence electrons. The fourth-order valence-electron chi connectivity index (χ4n) is 2.55. The lowest BCUT2D eigenvalue weighted by Crippen LogP contribution is -2.34. The Kier molecular flexibility index (Phi) is 5.30. The van der Waals surface area contributed by atoms with E-state index in [1.165, 1.54) is 11.3 Å². The highest BCUT2D eigenvalue weighted by atomic mass is 32.1. The summed E-state index contributed by atoms with van der Waals surface area (Å²) in [5.41, 5.74) is 0.931. The summed E-state index contributed by atoms with van der Waals surface area (Å²) in [4.78, 5) is 16.9. The average molecular weight is 344 g/mol. The van der Waals surface area contributed by atoms with Crippen LogP contribution in [0, 0.1) is 18.1 Å². The Labute approximate surface area is 144 Å². The van der Waals surface area contributed by atoms with E-state index in [0.717, 1.165) is 39.8 Å². The van der Waals surface area contributed by atoms with Gasteiger partial charge < -0.3 is 14.5 Å². The molecule has 3 rings (SSSR count). The SMILES string of the molecule is COC[C@H]1O[CH-][N+](=c2cc3sc(CCCCC#N)nc3c[cH-]2)C1=O. The van der Waals surface area contributed by atoms with E-state index < -0.39 is 6.10 Å². The first kappa shape index (κ1) is 16.7. The van der Waals surface area contributed by atoms with Crippen LogP contribution in [-0.2, 0) is 20.7 Å². The van der Waals surface area contributed by atoms with Crippen molar-refractivity contribution in [2.45, 2.75) is 31.8 Å². The van der Waals surface area contributed by atoms with Gasteiger partial charge in [-0.3, -0.25) is 9.37 Å². The summed E-state index contributed by atoms with van der Waals surface area (Å²) in [5.74, 6) is -0.127. The number of aryl methyl sites for hydroxylation is 1. The van der Waals surface area contributed by atoms with E-state index >= 15 is 0 Å². The monoisotopic (exact) mass is 344 g/mol. The fraction of sp³-hybridized carbons (Fsp3) is 0.412. The lowest BCUT2D eigenvalue weighted by atomic mass is 10.2. The van der Waals surface area contributed by atoms with Crippen LogP contribution in [0.1, 0.15) is 24.3 Å². The molecule has 1 amide bonds. The number of aromatic nitrogens is 1. The normalized spacial score (nSPS) is 19.5. The number of hydrogen-bond donors (Lipinski definition) is 0. The zero-order valence-electron chi connectivity index (χ0n) is 13.4. The number of thiazole rings is 1. The third-order valence-corrected chi connectivity index (χ3v) is 4.86. The van der Waals surface area contributed by atoms with Crippen molar-refractivity contribution in [3.8, 4) is 6.07 Å². The Morgan fingerprint density at radius 2 is 2.42 bits per heavy atom. The first-order chi connectivity index (χ1) is 11.7. The molecule has 0 N–H and O–H groups in total. The molecule has 0 bridgehead atoms. The van der Waals surface area contributed by atoms with Gasteiger partial charge in [-0.05, 0) is 24.8 Å². The second-order valence-electron chi connectivity index (χ2n) is 5.52. The molecule has 2 heterocycles. The van der Waals surface area contributed by atoms with Gasteiger partial charge in [0.25, 0.3) is 0 Å². The number of methoxy groups -OCH3 is 1. The van der Waals surface area contributed by atoms with Crippen LogP contribution in [-0.4, -0.2) is 30.7 Å². The zero-order chi connectivity index (χ0) is 16.9. The Morgan fingerprint density at radius 3 is 3.21 bits per heavy atom. The molecule has 0 spiro atoms. The summed E-state index contributed by atoms with van der Waals surface area (Å²) in [7, 11) is 1.54. The number of amides is 1. The van der Waals surface area contributed by atoms with Gasteiger partial charge in [0.1, 0.15) is 0 Å². The number of nitriles is 1. The summed E-state index contributed by atoms with van der Waals surface area (Å²) in [6, 6.07) is 7.91. The van der Waals surface area contributed by atoms with Crippen LogP contribution in [0.25, 0.3) is 10.2 Å². The zero-order valence-corrected chi connectivity index (χ0v) is 14.2. The van der Waals surface area contributed by atoms with Crippen LogP contribution in [0.15, 0.2) is 18.2 Å². The molecule has 1 fully saturated rings. The highest BCUT2D eigenvalue weighted by Gasteiger charge is 2.29. The van der Waals surface area contributed by atoms with E-state index in [-0.39, 0.29) is 12.5 Å². The summed E-state index contributed by atoms with van der Waals surface area (Å²) < 4.78 is 12.9.